The molecule has 8 nitrogen and oxygen atoms in total. The lowest BCUT2D eigenvalue weighted by Crippen LogP contribution is -2.15. The average molecular weight is 308 g/mol. The predicted octanol–water partition coefficient (Wildman–Crippen LogP) is 0.111. The van der Waals surface area contributed by atoms with E-state index in [9.17, 15) is 30.6 Å². The van der Waals surface area contributed by atoms with Crippen LogP contribution in [-0.4, -0.2) is 40.9 Å². The van der Waals surface area contributed by atoms with Crippen molar-refractivity contribution in [1.82, 2.24) is 0 Å². The predicted molar refractivity (Wildman–Crippen MR) is 74.3 cm³/mol. The Kier molecular flexibility index (Phi) is 3.52. The SMILES string of the molecule is OC(O)=c1cc(O)c(=C(O)c2cc(O)c(O)cc2O)c(O)c1. The highest BCUT2D eigenvalue weighted by atomic mass is 16.5. The number of rotatable bonds is 1. The van der Waals surface area contributed by atoms with Crippen molar-refractivity contribution in [3.8, 4) is 28.7 Å². The minimum Gasteiger partial charge on any atom is -0.507 e. The number of aliphatic hydroxyl groups excluding tert-OH is 2. The Labute approximate surface area is 122 Å². The number of hydrogen-bond donors (Lipinski definition) is 8. The summed E-state index contributed by atoms with van der Waals surface area (Å²) in [5, 5.41) is 75.0. The molecule has 0 bridgehead atoms. The molecule has 8 heteroatoms. The molecule has 116 valence electrons. The highest BCUT2D eigenvalue weighted by Gasteiger charge is 2.15. The van der Waals surface area contributed by atoms with Gasteiger partial charge in [-0.25, -0.2) is 0 Å². The number of aromatic hydroxyl groups is 5. The van der Waals surface area contributed by atoms with E-state index in [2.05, 4.69) is 0 Å². The quantitative estimate of drug-likeness (QED) is 0.272. The maximum Gasteiger partial charge on any atom is 0.281 e. The van der Waals surface area contributed by atoms with Crippen molar-refractivity contribution in [2.24, 2.45) is 0 Å². The summed E-state index contributed by atoms with van der Waals surface area (Å²) >= 11 is 0. The van der Waals surface area contributed by atoms with Gasteiger partial charge in [-0.05, 0) is 18.2 Å². The molecule has 0 saturated carbocycles. The number of hydrogen-bond acceptors (Lipinski definition) is 8. The molecule has 0 fully saturated rings. The summed E-state index contributed by atoms with van der Waals surface area (Å²) in [4.78, 5) is 0. The summed E-state index contributed by atoms with van der Waals surface area (Å²) in [6.45, 7) is 0. The van der Waals surface area contributed by atoms with Crippen LogP contribution in [0.3, 0.4) is 0 Å². The Morgan fingerprint density at radius 1 is 0.591 bits per heavy atom. The van der Waals surface area contributed by atoms with E-state index in [1.165, 1.54) is 0 Å². The van der Waals surface area contributed by atoms with Crippen LogP contribution in [0.15, 0.2) is 24.3 Å². The highest BCUT2D eigenvalue weighted by molar-refractivity contribution is 5.70. The van der Waals surface area contributed by atoms with E-state index in [0.717, 1.165) is 24.3 Å². The van der Waals surface area contributed by atoms with Gasteiger partial charge in [-0.15, -0.1) is 0 Å². The number of benzene rings is 2. The lowest BCUT2D eigenvalue weighted by molar-refractivity contribution is 0.297. The van der Waals surface area contributed by atoms with Crippen molar-refractivity contribution in [2.45, 2.75) is 0 Å². The molecule has 0 aliphatic heterocycles. The van der Waals surface area contributed by atoms with E-state index in [0.29, 0.717) is 0 Å². The van der Waals surface area contributed by atoms with Crippen LogP contribution < -0.4 is 10.4 Å². The van der Waals surface area contributed by atoms with E-state index in [1.807, 2.05) is 0 Å². The van der Waals surface area contributed by atoms with Gasteiger partial charge in [0.2, 0.25) is 0 Å². The van der Waals surface area contributed by atoms with Crippen LogP contribution >= 0.6 is 0 Å². The fourth-order valence-corrected chi connectivity index (χ4v) is 1.87. The summed E-state index contributed by atoms with van der Waals surface area (Å²) in [6, 6.07) is 3.30. The summed E-state index contributed by atoms with van der Waals surface area (Å²) in [7, 11) is 0. The molecule has 0 spiro atoms. The molecule has 2 aromatic carbocycles. The lowest BCUT2D eigenvalue weighted by Gasteiger charge is -2.08. The van der Waals surface area contributed by atoms with E-state index in [1.54, 1.807) is 0 Å². The monoisotopic (exact) mass is 308 g/mol. The molecule has 0 atom stereocenters. The van der Waals surface area contributed by atoms with Crippen molar-refractivity contribution < 1.29 is 40.9 Å². The van der Waals surface area contributed by atoms with Gasteiger partial charge in [0.25, 0.3) is 5.95 Å². The molecule has 2 rings (SSSR count). The van der Waals surface area contributed by atoms with Crippen molar-refractivity contribution in [3.63, 3.8) is 0 Å². The average Bonchev–Trinajstić information content (AvgIpc) is 2.41. The zero-order valence-corrected chi connectivity index (χ0v) is 10.9. The number of aliphatic hydroxyl groups is 3. The van der Waals surface area contributed by atoms with E-state index >= 15 is 0 Å². The van der Waals surface area contributed by atoms with Crippen molar-refractivity contribution >= 4 is 11.7 Å². The normalized spacial score (nSPS) is 10.4. The van der Waals surface area contributed by atoms with Gasteiger partial charge >= 0.3 is 0 Å². The van der Waals surface area contributed by atoms with Crippen molar-refractivity contribution in [1.29, 1.82) is 0 Å². The summed E-state index contributed by atoms with van der Waals surface area (Å²) in [6.07, 6.45) is 0. The second kappa shape index (κ2) is 5.17. The molecule has 0 radical (unpaired) electrons. The van der Waals surface area contributed by atoms with Gasteiger partial charge in [-0.3, -0.25) is 0 Å². The van der Waals surface area contributed by atoms with E-state index in [4.69, 9.17) is 10.2 Å². The van der Waals surface area contributed by atoms with Gasteiger partial charge in [0, 0.05) is 6.07 Å². The molecule has 0 unspecified atom stereocenters. The Morgan fingerprint density at radius 2 is 1.09 bits per heavy atom. The Morgan fingerprint density at radius 3 is 1.59 bits per heavy atom. The Hall–Kier alpha value is -3.42. The smallest absolute Gasteiger partial charge is 0.281 e. The first-order valence-electron chi connectivity index (χ1n) is 5.85. The molecule has 0 heterocycles. The molecule has 0 amide bonds. The van der Waals surface area contributed by atoms with Crippen LogP contribution in [0.4, 0.5) is 0 Å². The zero-order valence-electron chi connectivity index (χ0n) is 10.9. The first-order valence-corrected chi connectivity index (χ1v) is 5.85. The van der Waals surface area contributed by atoms with Gasteiger partial charge in [0.1, 0.15) is 28.2 Å². The fourth-order valence-electron chi connectivity index (χ4n) is 1.87. The molecule has 0 aliphatic rings. The van der Waals surface area contributed by atoms with Crippen molar-refractivity contribution in [2.75, 3.05) is 0 Å². The van der Waals surface area contributed by atoms with Crippen molar-refractivity contribution in [3.05, 3.63) is 40.3 Å². The lowest BCUT2D eigenvalue weighted by atomic mass is 10.1. The minimum absolute atomic E-state index is 0.302. The van der Waals surface area contributed by atoms with Crippen LogP contribution in [0.5, 0.6) is 28.7 Å². The highest BCUT2D eigenvalue weighted by Crippen LogP contribution is 2.34. The molecule has 8 N–H and O–H groups in total. The third kappa shape index (κ3) is 2.44. The maximum absolute atomic E-state index is 10.1. The molecule has 0 aliphatic carbocycles. The molecule has 2 aromatic rings. The molecular weight excluding hydrogens is 296 g/mol. The summed E-state index contributed by atoms with van der Waals surface area (Å²) in [5.41, 5.74) is -0.370. The van der Waals surface area contributed by atoms with E-state index in [-0.39, 0.29) is 10.8 Å². The van der Waals surface area contributed by atoms with Gasteiger partial charge in [-0.1, -0.05) is 0 Å². The van der Waals surface area contributed by atoms with Gasteiger partial charge < -0.3 is 40.9 Å². The van der Waals surface area contributed by atoms with Crippen LogP contribution in [-0.2, 0) is 0 Å². The zero-order chi connectivity index (χ0) is 16.6. The third-order valence-electron chi connectivity index (χ3n) is 2.94. The van der Waals surface area contributed by atoms with Crippen LogP contribution in [0.25, 0.3) is 11.7 Å². The summed E-state index contributed by atoms with van der Waals surface area (Å²) in [5.74, 6) is -5.25. The topological polar surface area (TPSA) is 162 Å². The second-order valence-electron chi connectivity index (χ2n) is 4.42. The maximum atomic E-state index is 10.1. The third-order valence-corrected chi connectivity index (χ3v) is 2.94. The van der Waals surface area contributed by atoms with Crippen LogP contribution in [0.1, 0.15) is 5.56 Å². The number of phenolic OH excluding ortho intramolecular Hbond substituents is 5. The first-order chi connectivity index (χ1) is 10.2. The number of phenols is 5. The fraction of sp³-hybridized carbons (Fsp3) is 0. The minimum atomic E-state index is -1.15. The molecule has 22 heavy (non-hydrogen) atoms. The van der Waals surface area contributed by atoms with E-state index < -0.39 is 45.7 Å². The van der Waals surface area contributed by atoms with Crippen LogP contribution in [0, 0.1) is 0 Å². The Bertz CT molecular complexity index is 836. The summed E-state index contributed by atoms with van der Waals surface area (Å²) < 4.78 is 0. The second-order valence-corrected chi connectivity index (χ2v) is 4.42. The standard InChI is InChI=1S/C14H12O8/c15-7-4-9(17)8(16)3-6(7)13(20)12-10(18)1-5(14(21)22)2-11(12)19/h1-4,15-22H. The molecular formula is C14H12O8. The van der Waals surface area contributed by atoms with Gasteiger partial charge in [0.15, 0.2) is 11.5 Å². The largest absolute Gasteiger partial charge is 0.507 e. The van der Waals surface area contributed by atoms with Crippen LogP contribution in [0.2, 0.25) is 0 Å². The molecule has 0 saturated heterocycles. The van der Waals surface area contributed by atoms with Gasteiger partial charge in [0.05, 0.1) is 10.8 Å². The van der Waals surface area contributed by atoms with Gasteiger partial charge in [-0.2, -0.15) is 0 Å². The Balaban J connectivity index is 2.87. The molecule has 0 aromatic heterocycles. The first kappa shape index (κ1) is 15.0.